The molecule has 4 rings (SSSR count). The first-order valence-electron chi connectivity index (χ1n) is 7.37. The van der Waals surface area contributed by atoms with Crippen molar-refractivity contribution < 1.29 is 14.6 Å². The van der Waals surface area contributed by atoms with Crippen LogP contribution in [0.3, 0.4) is 0 Å². The number of hydrogen-bond acceptors (Lipinski definition) is 5. The quantitative estimate of drug-likeness (QED) is 0.635. The van der Waals surface area contributed by atoms with E-state index in [2.05, 4.69) is 15.1 Å². The summed E-state index contributed by atoms with van der Waals surface area (Å²) >= 11 is 0. The van der Waals surface area contributed by atoms with Crippen molar-refractivity contribution in [2.45, 2.75) is 32.6 Å². The summed E-state index contributed by atoms with van der Waals surface area (Å²) in [6, 6.07) is 3.71. The SMILES string of the molecule is Cc1noc(C)c1-c1cc(B(O)O)c2nc(C3CC3)[nH]c2c1. The molecule has 6 nitrogen and oxygen atoms in total. The Balaban J connectivity index is 1.96. The third-order valence-corrected chi connectivity index (χ3v) is 4.20. The molecule has 0 saturated heterocycles. The Kier molecular flexibility index (Phi) is 2.89. The Hall–Kier alpha value is -2.12. The molecule has 7 heteroatoms. The topological polar surface area (TPSA) is 95.2 Å². The zero-order chi connectivity index (χ0) is 15.4. The standard InChI is InChI=1S/C15H16BN3O3/c1-7-13(8(2)22-19-7)10-5-11(16(20)21)14-12(6-10)17-15(18-14)9-3-4-9/h5-6,9,20-21H,3-4H2,1-2H3,(H,17,18). The zero-order valence-electron chi connectivity index (χ0n) is 12.4. The van der Waals surface area contributed by atoms with E-state index in [0.717, 1.165) is 41.0 Å². The van der Waals surface area contributed by atoms with E-state index in [4.69, 9.17) is 4.52 Å². The van der Waals surface area contributed by atoms with Crippen LogP contribution in [0.5, 0.6) is 0 Å². The van der Waals surface area contributed by atoms with Crippen molar-refractivity contribution >= 4 is 23.6 Å². The fourth-order valence-electron chi connectivity index (χ4n) is 2.95. The van der Waals surface area contributed by atoms with Gasteiger partial charge in [-0.3, -0.25) is 0 Å². The lowest BCUT2D eigenvalue weighted by Gasteiger charge is -2.06. The van der Waals surface area contributed by atoms with Crippen molar-refractivity contribution in [2.24, 2.45) is 0 Å². The molecule has 1 fully saturated rings. The summed E-state index contributed by atoms with van der Waals surface area (Å²) in [7, 11) is -1.57. The third kappa shape index (κ3) is 2.05. The molecule has 3 aromatic rings. The number of H-pyrrole nitrogens is 1. The Labute approximate surface area is 127 Å². The summed E-state index contributed by atoms with van der Waals surface area (Å²) in [5.41, 5.74) is 4.33. The van der Waals surface area contributed by atoms with Gasteiger partial charge in [0, 0.05) is 16.9 Å². The number of hydrogen-bond donors (Lipinski definition) is 3. The van der Waals surface area contributed by atoms with Gasteiger partial charge in [0.25, 0.3) is 0 Å². The van der Waals surface area contributed by atoms with Crippen LogP contribution in [0.15, 0.2) is 16.7 Å². The number of imidazole rings is 1. The van der Waals surface area contributed by atoms with Gasteiger partial charge in [-0.15, -0.1) is 0 Å². The van der Waals surface area contributed by atoms with Crippen LogP contribution in [0.25, 0.3) is 22.2 Å². The summed E-state index contributed by atoms with van der Waals surface area (Å²) in [4.78, 5) is 7.86. The zero-order valence-corrected chi connectivity index (χ0v) is 12.4. The van der Waals surface area contributed by atoms with Gasteiger partial charge in [-0.05, 0) is 38.3 Å². The van der Waals surface area contributed by atoms with Crippen LogP contribution in [-0.2, 0) is 0 Å². The second-order valence-corrected chi connectivity index (χ2v) is 5.93. The van der Waals surface area contributed by atoms with E-state index in [0.29, 0.717) is 22.7 Å². The molecule has 2 heterocycles. The molecule has 3 N–H and O–H groups in total. The average molecular weight is 297 g/mol. The minimum absolute atomic E-state index is 0.399. The summed E-state index contributed by atoms with van der Waals surface area (Å²) in [5.74, 6) is 2.10. The first-order chi connectivity index (χ1) is 10.5. The van der Waals surface area contributed by atoms with Gasteiger partial charge in [0.15, 0.2) is 0 Å². The highest BCUT2D eigenvalue weighted by atomic mass is 16.5. The Bertz CT molecular complexity index is 845. The predicted molar refractivity (Wildman–Crippen MR) is 82.9 cm³/mol. The largest absolute Gasteiger partial charge is 0.490 e. The number of nitrogens with one attached hydrogen (secondary N) is 1. The third-order valence-electron chi connectivity index (χ3n) is 4.20. The lowest BCUT2D eigenvalue weighted by Crippen LogP contribution is -2.30. The van der Waals surface area contributed by atoms with Gasteiger partial charge >= 0.3 is 7.12 Å². The Morgan fingerprint density at radius 3 is 2.64 bits per heavy atom. The van der Waals surface area contributed by atoms with Crippen LogP contribution >= 0.6 is 0 Å². The van der Waals surface area contributed by atoms with E-state index in [9.17, 15) is 10.0 Å². The number of fused-ring (bicyclic) bond motifs is 1. The van der Waals surface area contributed by atoms with Crippen molar-refractivity contribution in [1.29, 1.82) is 0 Å². The molecule has 0 bridgehead atoms. The maximum atomic E-state index is 9.71. The molecule has 0 radical (unpaired) electrons. The van der Waals surface area contributed by atoms with Crippen molar-refractivity contribution in [2.75, 3.05) is 0 Å². The maximum absolute atomic E-state index is 9.71. The van der Waals surface area contributed by atoms with E-state index < -0.39 is 7.12 Å². The maximum Gasteiger partial charge on any atom is 0.490 e. The molecule has 2 aromatic heterocycles. The van der Waals surface area contributed by atoms with E-state index in [1.54, 1.807) is 6.07 Å². The first-order valence-corrected chi connectivity index (χ1v) is 7.37. The van der Waals surface area contributed by atoms with Crippen LogP contribution < -0.4 is 5.46 Å². The highest BCUT2D eigenvalue weighted by Crippen LogP contribution is 2.39. The van der Waals surface area contributed by atoms with E-state index in [1.165, 1.54) is 0 Å². The summed E-state index contributed by atoms with van der Waals surface area (Å²) in [5, 5.41) is 23.4. The normalized spacial score (nSPS) is 14.7. The Morgan fingerprint density at radius 1 is 1.27 bits per heavy atom. The average Bonchev–Trinajstić information content (AvgIpc) is 3.15. The number of aromatic nitrogens is 3. The van der Waals surface area contributed by atoms with E-state index in [-0.39, 0.29) is 0 Å². The Morgan fingerprint density at radius 2 is 2.05 bits per heavy atom. The van der Waals surface area contributed by atoms with Crippen LogP contribution in [0, 0.1) is 13.8 Å². The molecule has 22 heavy (non-hydrogen) atoms. The van der Waals surface area contributed by atoms with Crippen LogP contribution in [0.1, 0.15) is 36.0 Å². The van der Waals surface area contributed by atoms with Crippen LogP contribution in [0.2, 0.25) is 0 Å². The molecule has 112 valence electrons. The van der Waals surface area contributed by atoms with Gasteiger partial charge in [0.1, 0.15) is 11.6 Å². The summed E-state index contributed by atoms with van der Waals surface area (Å²) in [6.07, 6.45) is 2.26. The van der Waals surface area contributed by atoms with E-state index >= 15 is 0 Å². The van der Waals surface area contributed by atoms with Crippen LogP contribution in [-0.4, -0.2) is 32.3 Å². The number of aryl methyl sites for hydroxylation is 2. The summed E-state index contributed by atoms with van der Waals surface area (Å²) < 4.78 is 5.21. The molecule has 0 aliphatic heterocycles. The fourth-order valence-corrected chi connectivity index (χ4v) is 2.95. The van der Waals surface area contributed by atoms with Gasteiger partial charge in [0.2, 0.25) is 0 Å². The van der Waals surface area contributed by atoms with Gasteiger partial charge in [-0.1, -0.05) is 11.2 Å². The number of nitrogens with zero attached hydrogens (tertiary/aromatic N) is 2. The predicted octanol–water partition coefficient (Wildman–Crippen LogP) is 1.39. The number of aromatic amines is 1. The summed E-state index contributed by atoms with van der Waals surface area (Å²) in [6.45, 7) is 3.71. The second kappa shape index (κ2) is 4.69. The van der Waals surface area contributed by atoms with Crippen molar-refractivity contribution in [3.63, 3.8) is 0 Å². The highest BCUT2D eigenvalue weighted by molar-refractivity contribution is 6.61. The molecular weight excluding hydrogens is 281 g/mol. The molecular formula is C15H16BN3O3. The van der Waals surface area contributed by atoms with Gasteiger partial charge in [0.05, 0.1) is 16.7 Å². The second-order valence-electron chi connectivity index (χ2n) is 5.93. The molecule has 0 spiro atoms. The smallest absolute Gasteiger partial charge is 0.423 e. The molecule has 1 saturated carbocycles. The molecule has 1 aromatic carbocycles. The van der Waals surface area contributed by atoms with Gasteiger partial charge < -0.3 is 19.6 Å². The molecule has 0 atom stereocenters. The van der Waals surface area contributed by atoms with Gasteiger partial charge in [-0.2, -0.15) is 0 Å². The van der Waals surface area contributed by atoms with Crippen molar-refractivity contribution in [1.82, 2.24) is 15.1 Å². The molecule has 0 amide bonds. The highest BCUT2D eigenvalue weighted by Gasteiger charge is 2.29. The van der Waals surface area contributed by atoms with E-state index in [1.807, 2.05) is 19.9 Å². The lowest BCUT2D eigenvalue weighted by atomic mass is 9.78. The monoisotopic (exact) mass is 297 g/mol. The molecule has 0 unspecified atom stereocenters. The molecule has 1 aliphatic carbocycles. The first kappa shape index (κ1) is 13.5. The number of benzene rings is 1. The lowest BCUT2D eigenvalue weighted by molar-refractivity contribution is 0.393. The number of rotatable bonds is 3. The molecule has 1 aliphatic rings. The fraction of sp³-hybridized carbons (Fsp3) is 0.333. The minimum Gasteiger partial charge on any atom is -0.423 e. The van der Waals surface area contributed by atoms with Crippen LogP contribution in [0.4, 0.5) is 0 Å². The van der Waals surface area contributed by atoms with Crippen molar-refractivity contribution in [3.8, 4) is 11.1 Å². The van der Waals surface area contributed by atoms with Crippen molar-refractivity contribution in [3.05, 3.63) is 29.4 Å². The minimum atomic E-state index is -1.57. The van der Waals surface area contributed by atoms with Gasteiger partial charge in [-0.25, -0.2) is 4.98 Å².